The molecule has 0 bridgehead atoms. The molecule has 5 heteroatoms. The van der Waals surface area contributed by atoms with Gasteiger partial charge in [-0.15, -0.1) is 0 Å². The molecule has 1 aromatic rings. The normalized spacial score (nSPS) is 24.8. The van der Waals surface area contributed by atoms with Crippen molar-refractivity contribution in [2.75, 3.05) is 32.8 Å². The standard InChI is InChI=1S/C22H34N2O3/c25-19-6-12-23(13-7-19)16-20(26)17-27-21-5-3-4-18(14-21)15-24-11-2-1-8-22(24)9-10-22/h3-5,14,19-20,25-26H,1-2,6-13,15-17H2. The van der Waals surface area contributed by atoms with E-state index in [-0.39, 0.29) is 6.10 Å². The van der Waals surface area contributed by atoms with Gasteiger partial charge in [-0.25, -0.2) is 0 Å². The fourth-order valence-corrected chi connectivity index (χ4v) is 4.71. The Kier molecular flexibility index (Phi) is 6.02. The summed E-state index contributed by atoms with van der Waals surface area (Å²) in [4.78, 5) is 4.89. The summed E-state index contributed by atoms with van der Waals surface area (Å²) >= 11 is 0. The molecule has 0 radical (unpaired) electrons. The van der Waals surface area contributed by atoms with Gasteiger partial charge in [0.25, 0.3) is 0 Å². The van der Waals surface area contributed by atoms with E-state index in [0.717, 1.165) is 38.2 Å². The maximum Gasteiger partial charge on any atom is 0.119 e. The molecule has 1 spiro atoms. The van der Waals surface area contributed by atoms with Crippen molar-refractivity contribution in [3.8, 4) is 5.75 Å². The summed E-state index contributed by atoms with van der Waals surface area (Å²) in [5.74, 6) is 0.850. The molecule has 1 saturated carbocycles. The Morgan fingerprint density at radius 3 is 2.70 bits per heavy atom. The maximum atomic E-state index is 10.3. The lowest BCUT2D eigenvalue weighted by atomic mass is 9.99. The average Bonchev–Trinajstić information content (AvgIpc) is 3.45. The topological polar surface area (TPSA) is 56.2 Å². The van der Waals surface area contributed by atoms with Gasteiger partial charge < -0.3 is 19.8 Å². The minimum atomic E-state index is -0.499. The van der Waals surface area contributed by atoms with Crippen LogP contribution in [0.5, 0.6) is 5.75 Å². The molecule has 150 valence electrons. The van der Waals surface area contributed by atoms with Crippen molar-refractivity contribution in [2.45, 2.75) is 69.2 Å². The molecule has 1 aromatic carbocycles. The van der Waals surface area contributed by atoms with Crippen LogP contribution in [0.4, 0.5) is 0 Å². The monoisotopic (exact) mass is 374 g/mol. The zero-order chi connectivity index (χ0) is 18.7. The first kappa shape index (κ1) is 19.2. The summed E-state index contributed by atoms with van der Waals surface area (Å²) in [7, 11) is 0. The van der Waals surface area contributed by atoms with Crippen LogP contribution in [0.2, 0.25) is 0 Å². The van der Waals surface area contributed by atoms with Gasteiger partial charge in [-0.05, 0) is 62.8 Å². The molecule has 2 aliphatic heterocycles. The highest BCUT2D eigenvalue weighted by Crippen LogP contribution is 2.48. The molecule has 27 heavy (non-hydrogen) atoms. The Morgan fingerprint density at radius 2 is 1.93 bits per heavy atom. The molecule has 4 rings (SSSR count). The smallest absolute Gasteiger partial charge is 0.119 e. The summed E-state index contributed by atoms with van der Waals surface area (Å²) in [6, 6.07) is 8.37. The van der Waals surface area contributed by atoms with E-state index in [1.54, 1.807) is 0 Å². The first-order valence-electron chi connectivity index (χ1n) is 10.7. The van der Waals surface area contributed by atoms with Gasteiger partial charge in [0.05, 0.1) is 6.10 Å². The fraction of sp³-hybridized carbons (Fsp3) is 0.727. The Balaban J connectivity index is 1.25. The molecule has 2 heterocycles. The lowest BCUT2D eigenvalue weighted by molar-refractivity contribution is 0.0337. The molecular formula is C22H34N2O3. The van der Waals surface area contributed by atoms with Gasteiger partial charge in [0.1, 0.15) is 18.5 Å². The second kappa shape index (κ2) is 8.48. The third kappa shape index (κ3) is 5.02. The highest BCUT2D eigenvalue weighted by Gasteiger charge is 2.48. The lowest BCUT2D eigenvalue weighted by Crippen LogP contribution is -2.41. The molecule has 1 atom stereocenters. The highest BCUT2D eigenvalue weighted by atomic mass is 16.5. The number of hydrogen-bond acceptors (Lipinski definition) is 5. The molecule has 1 unspecified atom stereocenters. The van der Waals surface area contributed by atoms with Gasteiger partial charge in [-0.2, -0.15) is 0 Å². The number of ether oxygens (including phenoxy) is 1. The van der Waals surface area contributed by atoms with Crippen molar-refractivity contribution < 1.29 is 14.9 Å². The molecule has 3 aliphatic rings. The predicted octanol–water partition coefficient (Wildman–Crippen LogP) is 2.40. The summed E-state index contributed by atoms with van der Waals surface area (Å²) < 4.78 is 5.88. The minimum Gasteiger partial charge on any atom is -0.491 e. The van der Waals surface area contributed by atoms with E-state index in [0.29, 0.717) is 18.7 Å². The quantitative estimate of drug-likeness (QED) is 0.768. The van der Waals surface area contributed by atoms with Crippen molar-refractivity contribution in [3.05, 3.63) is 29.8 Å². The van der Waals surface area contributed by atoms with Crippen LogP contribution >= 0.6 is 0 Å². The number of aliphatic hydroxyl groups is 2. The third-order valence-corrected chi connectivity index (χ3v) is 6.56. The zero-order valence-electron chi connectivity index (χ0n) is 16.4. The fourth-order valence-electron chi connectivity index (χ4n) is 4.71. The van der Waals surface area contributed by atoms with E-state index >= 15 is 0 Å². The average molecular weight is 375 g/mol. The van der Waals surface area contributed by atoms with Gasteiger partial charge >= 0.3 is 0 Å². The number of nitrogens with zero attached hydrogens (tertiary/aromatic N) is 2. The Morgan fingerprint density at radius 1 is 1.11 bits per heavy atom. The van der Waals surface area contributed by atoms with Gasteiger partial charge in [0.15, 0.2) is 0 Å². The van der Waals surface area contributed by atoms with Crippen molar-refractivity contribution in [2.24, 2.45) is 0 Å². The van der Waals surface area contributed by atoms with Gasteiger partial charge in [-0.3, -0.25) is 4.90 Å². The number of piperidine rings is 2. The van der Waals surface area contributed by atoms with Crippen molar-refractivity contribution in [3.63, 3.8) is 0 Å². The van der Waals surface area contributed by atoms with Gasteiger partial charge in [-0.1, -0.05) is 18.6 Å². The Hall–Kier alpha value is -1.14. The van der Waals surface area contributed by atoms with Crippen LogP contribution < -0.4 is 4.74 Å². The molecule has 1 aliphatic carbocycles. The maximum absolute atomic E-state index is 10.3. The van der Waals surface area contributed by atoms with Crippen molar-refractivity contribution in [1.82, 2.24) is 9.80 Å². The number of hydrogen-bond donors (Lipinski definition) is 2. The molecular weight excluding hydrogens is 340 g/mol. The van der Waals surface area contributed by atoms with Gasteiger partial charge in [0.2, 0.25) is 0 Å². The van der Waals surface area contributed by atoms with Crippen LogP contribution in [0.15, 0.2) is 24.3 Å². The van der Waals surface area contributed by atoms with E-state index in [4.69, 9.17) is 4.74 Å². The second-order valence-corrected chi connectivity index (χ2v) is 8.75. The second-order valence-electron chi connectivity index (χ2n) is 8.75. The third-order valence-electron chi connectivity index (χ3n) is 6.56. The number of benzene rings is 1. The summed E-state index contributed by atoms with van der Waals surface area (Å²) in [6.45, 7) is 4.86. The van der Waals surface area contributed by atoms with Crippen LogP contribution in [0.25, 0.3) is 0 Å². The molecule has 0 amide bonds. The van der Waals surface area contributed by atoms with Crippen LogP contribution in [-0.2, 0) is 6.54 Å². The van der Waals surface area contributed by atoms with E-state index in [2.05, 4.69) is 28.0 Å². The number of aliphatic hydroxyl groups excluding tert-OH is 2. The van der Waals surface area contributed by atoms with Crippen LogP contribution in [0.3, 0.4) is 0 Å². The first-order valence-corrected chi connectivity index (χ1v) is 10.7. The summed E-state index contributed by atoms with van der Waals surface area (Å²) in [6.07, 6.45) is 7.72. The van der Waals surface area contributed by atoms with Crippen LogP contribution in [0, 0.1) is 0 Å². The number of β-amino-alcohol motifs (C(OH)–C–C–N with tert-alkyl or cyclic N) is 1. The molecule has 5 nitrogen and oxygen atoms in total. The van der Waals surface area contributed by atoms with Gasteiger partial charge in [0, 0.05) is 31.7 Å². The van der Waals surface area contributed by atoms with E-state index < -0.39 is 6.10 Å². The van der Waals surface area contributed by atoms with Crippen molar-refractivity contribution >= 4 is 0 Å². The summed E-state index contributed by atoms with van der Waals surface area (Å²) in [5, 5.41) is 19.9. The predicted molar refractivity (Wildman–Crippen MR) is 106 cm³/mol. The van der Waals surface area contributed by atoms with E-state index in [1.165, 1.54) is 44.2 Å². The molecule has 0 aromatic heterocycles. The lowest BCUT2D eigenvalue weighted by Gasteiger charge is -2.36. The highest BCUT2D eigenvalue weighted by molar-refractivity contribution is 5.29. The Bertz CT molecular complexity index is 611. The van der Waals surface area contributed by atoms with E-state index in [1.807, 2.05) is 6.07 Å². The zero-order valence-corrected chi connectivity index (χ0v) is 16.4. The SMILES string of the molecule is OC1CCN(CC(O)COc2cccc(CN3CCCCC34CC4)c2)CC1. The molecule has 2 N–H and O–H groups in total. The van der Waals surface area contributed by atoms with Crippen LogP contribution in [-0.4, -0.2) is 70.5 Å². The largest absolute Gasteiger partial charge is 0.491 e. The van der Waals surface area contributed by atoms with Crippen molar-refractivity contribution in [1.29, 1.82) is 0 Å². The van der Waals surface area contributed by atoms with E-state index in [9.17, 15) is 10.2 Å². The molecule has 2 saturated heterocycles. The first-order chi connectivity index (χ1) is 13.1. The molecule has 3 fully saturated rings. The minimum absolute atomic E-state index is 0.174. The summed E-state index contributed by atoms with van der Waals surface area (Å²) in [5.41, 5.74) is 1.81. The van der Waals surface area contributed by atoms with Crippen LogP contribution in [0.1, 0.15) is 50.5 Å². The Labute approximate surface area is 162 Å². The number of likely N-dealkylation sites (tertiary alicyclic amines) is 2. The number of rotatable bonds is 7.